The predicted octanol–water partition coefficient (Wildman–Crippen LogP) is 2.91. The summed E-state index contributed by atoms with van der Waals surface area (Å²) in [7, 11) is 0. The van der Waals surface area contributed by atoms with Gasteiger partial charge in [-0.15, -0.1) is 0 Å². The van der Waals surface area contributed by atoms with Gasteiger partial charge < -0.3 is 10.1 Å². The van der Waals surface area contributed by atoms with Crippen LogP contribution in [0.3, 0.4) is 0 Å². The van der Waals surface area contributed by atoms with Gasteiger partial charge in [-0.05, 0) is 37.0 Å². The highest BCUT2D eigenvalue weighted by Gasteiger charge is 2.45. The van der Waals surface area contributed by atoms with Crippen LogP contribution in [-0.4, -0.2) is 25.7 Å². The van der Waals surface area contributed by atoms with Gasteiger partial charge in [0.25, 0.3) is 0 Å². The second-order valence-corrected chi connectivity index (χ2v) is 6.32. The molecule has 1 saturated carbocycles. The van der Waals surface area contributed by atoms with Crippen LogP contribution in [-0.2, 0) is 14.9 Å². The zero-order valence-electron chi connectivity index (χ0n) is 11.5. The second kappa shape index (κ2) is 5.74. The Hall–Kier alpha value is -1.06. The zero-order valence-corrected chi connectivity index (χ0v) is 12.3. The molecule has 0 spiro atoms. The van der Waals surface area contributed by atoms with Gasteiger partial charge in [0.1, 0.15) is 0 Å². The monoisotopic (exact) mass is 293 g/mol. The van der Waals surface area contributed by atoms with E-state index < -0.39 is 0 Å². The molecule has 1 amide bonds. The first kappa shape index (κ1) is 13.9. The lowest BCUT2D eigenvalue weighted by atomic mass is 9.64. The summed E-state index contributed by atoms with van der Waals surface area (Å²) in [5.41, 5.74) is 0.695. The van der Waals surface area contributed by atoms with E-state index in [0.717, 1.165) is 51.0 Å². The third kappa shape index (κ3) is 2.57. The van der Waals surface area contributed by atoms with Crippen LogP contribution in [0.2, 0.25) is 5.02 Å². The molecular formula is C16H20ClNO2. The quantitative estimate of drug-likeness (QED) is 0.927. The summed E-state index contributed by atoms with van der Waals surface area (Å²) in [5.74, 6) is 0.619. The fourth-order valence-electron chi connectivity index (χ4n) is 3.11. The van der Waals surface area contributed by atoms with Crippen LogP contribution in [0.25, 0.3) is 0 Å². The summed E-state index contributed by atoms with van der Waals surface area (Å²) in [4.78, 5) is 12.6. The molecular weight excluding hydrogens is 274 g/mol. The summed E-state index contributed by atoms with van der Waals surface area (Å²) in [5, 5.41) is 3.82. The van der Waals surface area contributed by atoms with Crippen molar-refractivity contribution in [3.8, 4) is 0 Å². The SMILES string of the molecule is O=C(NCC1CCOC1)C1(c2cccc(Cl)c2)CCC1. The molecule has 1 N–H and O–H groups in total. The summed E-state index contributed by atoms with van der Waals surface area (Å²) in [6.07, 6.45) is 3.98. The maximum Gasteiger partial charge on any atom is 0.230 e. The van der Waals surface area contributed by atoms with E-state index in [9.17, 15) is 4.79 Å². The van der Waals surface area contributed by atoms with Crippen molar-refractivity contribution in [3.63, 3.8) is 0 Å². The number of benzene rings is 1. The summed E-state index contributed by atoms with van der Waals surface area (Å²) >= 11 is 6.07. The highest BCUT2D eigenvalue weighted by Crippen LogP contribution is 2.44. The van der Waals surface area contributed by atoms with Gasteiger partial charge in [0, 0.05) is 24.1 Å². The molecule has 4 heteroatoms. The highest BCUT2D eigenvalue weighted by atomic mass is 35.5. The Morgan fingerprint density at radius 1 is 1.45 bits per heavy atom. The van der Waals surface area contributed by atoms with Gasteiger partial charge in [-0.2, -0.15) is 0 Å². The van der Waals surface area contributed by atoms with Crippen LogP contribution in [0.15, 0.2) is 24.3 Å². The molecule has 2 aliphatic rings. The largest absolute Gasteiger partial charge is 0.381 e. The summed E-state index contributed by atoms with van der Waals surface area (Å²) in [6.45, 7) is 2.31. The first-order valence-electron chi connectivity index (χ1n) is 7.33. The third-order valence-electron chi connectivity index (χ3n) is 4.59. The van der Waals surface area contributed by atoms with Crippen molar-refractivity contribution < 1.29 is 9.53 Å². The Labute approximate surface area is 124 Å². The van der Waals surface area contributed by atoms with E-state index in [1.165, 1.54) is 0 Å². The van der Waals surface area contributed by atoms with E-state index in [-0.39, 0.29) is 11.3 Å². The van der Waals surface area contributed by atoms with Crippen molar-refractivity contribution in [2.75, 3.05) is 19.8 Å². The Balaban J connectivity index is 1.69. The number of hydrogen-bond acceptors (Lipinski definition) is 2. The average molecular weight is 294 g/mol. The molecule has 20 heavy (non-hydrogen) atoms. The Morgan fingerprint density at radius 2 is 2.30 bits per heavy atom. The molecule has 0 aromatic heterocycles. The Kier molecular flexibility index (Phi) is 3.99. The van der Waals surface area contributed by atoms with Crippen molar-refractivity contribution in [1.82, 2.24) is 5.32 Å². The van der Waals surface area contributed by atoms with Crippen LogP contribution in [0.5, 0.6) is 0 Å². The van der Waals surface area contributed by atoms with Gasteiger partial charge in [0.2, 0.25) is 5.91 Å². The first-order chi connectivity index (χ1) is 9.71. The standard InChI is InChI=1S/C16H20ClNO2/c17-14-4-1-3-13(9-14)16(6-2-7-16)15(19)18-10-12-5-8-20-11-12/h1,3-4,9,12H,2,5-8,10-11H2,(H,18,19). The molecule has 1 atom stereocenters. The number of hydrogen-bond donors (Lipinski definition) is 1. The van der Waals surface area contributed by atoms with Crippen molar-refractivity contribution >= 4 is 17.5 Å². The second-order valence-electron chi connectivity index (χ2n) is 5.89. The Bertz CT molecular complexity index is 493. The third-order valence-corrected chi connectivity index (χ3v) is 4.83. The lowest BCUT2D eigenvalue weighted by Gasteiger charge is -2.41. The van der Waals surface area contributed by atoms with Crippen LogP contribution < -0.4 is 5.32 Å². The minimum atomic E-state index is -0.357. The van der Waals surface area contributed by atoms with Gasteiger partial charge in [0.05, 0.1) is 12.0 Å². The van der Waals surface area contributed by atoms with Crippen LogP contribution in [0.1, 0.15) is 31.2 Å². The van der Waals surface area contributed by atoms with E-state index >= 15 is 0 Å². The van der Waals surface area contributed by atoms with E-state index in [1.807, 2.05) is 24.3 Å². The van der Waals surface area contributed by atoms with Gasteiger partial charge in [0.15, 0.2) is 0 Å². The van der Waals surface area contributed by atoms with Gasteiger partial charge in [-0.25, -0.2) is 0 Å². The number of carbonyl (C=O) groups is 1. The van der Waals surface area contributed by atoms with Crippen molar-refractivity contribution in [2.45, 2.75) is 31.1 Å². The lowest BCUT2D eigenvalue weighted by molar-refractivity contribution is -0.130. The minimum Gasteiger partial charge on any atom is -0.381 e. The fourth-order valence-corrected chi connectivity index (χ4v) is 3.30. The highest BCUT2D eigenvalue weighted by molar-refractivity contribution is 6.30. The van der Waals surface area contributed by atoms with E-state index in [1.54, 1.807) is 0 Å². The molecule has 1 aromatic carbocycles. The molecule has 1 aromatic rings. The number of rotatable bonds is 4. The average Bonchev–Trinajstić information content (AvgIpc) is 2.88. The molecule has 2 fully saturated rings. The molecule has 0 bridgehead atoms. The number of carbonyl (C=O) groups excluding carboxylic acids is 1. The van der Waals surface area contributed by atoms with E-state index in [2.05, 4.69) is 5.32 Å². The van der Waals surface area contributed by atoms with Gasteiger partial charge >= 0.3 is 0 Å². The maximum atomic E-state index is 12.6. The lowest BCUT2D eigenvalue weighted by Crippen LogP contribution is -2.50. The van der Waals surface area contributed by atoms with Crippen molar-refractivity contribution in [2.24, 2.45) is 5.92 Å². The molecule has 3 nitrogen and oxygen atoms in total. The van der Waals surface area contributed by atoms with Gasteiger partial charge in [-0.1, -0.05) is 30.2 Å². The molecule has 0 radical (unpaired) electrons. The van der Waals surface area contributed by atoms with Crippen molar-refractivity contribution in [1.29, 1.82) is 0 Å². The Morgan fingerprint density at radius 3 is 2.90 bits per heavy atom. The van der Waals surface area contributed by atoms with Crippen molar-refractivity contribution in [3.05, 3.63) is 34.9 Å². The molecule has 1 unspecified atom stereocenters. The predicted molar refractivity (Wildman–Crippen MR) is 78.9 cm³/mol. The maximum absolute atomic E-state index is 12.6. The summed E-state index contributed by atoms with van der Waals surface area (Å²) in [6, 6.07) is 7.73. The molecule has 1 heterocycles. The smallest absolute Gasteiger partial charge is 0.230 e. The number of amides is 1. The zero-order chi connectivity index (χ0) is 14.0. The summed E-state index contributed by atoms with van der Waals surface area (Å²) < 4.78 is 5.35. The van der Waals surface area contributed by atoms with Crippen LogP contribution in [0, 0.1) is 5.92 Å². The molecule has 1 saturated heterocycles. The number of halogens is 1. The normalized spacial score (nSPS) is 24.1. The first-order valence-corrected chi connectivity index (χ1v) is 7.71. The van der Waals surface area contributed by atoms with E-state index in [4.69, 9.17) is 16.3 Å². The fraction of sp³-hybridized carbons (Fsp3) is 0.562. The molecule has 1 aliphatic heterocycles. The minimum absolute atomic E-state index is 0.151. The van der Waals surface area contributed by atoms with Crippen LogP contribution in [0.4, 0.5) is 0 Å². The molecule has 108 valence electrons. The number of ether oxygens (including phenoxy) is 1. The topological polar surface area (TPSA) is 38.3 Å². The molecule has 3 rings (SSSR count). The van der Waals surface area contributed by atoms with E-state index in [0.29, 0.717) is 10.9 Å². The number of nitrogens with one attached hydrogen (secondary N) is 1. The molecule has 1 aliphatic carbocycles. The van der Waals surface area contributed by atoms with Gasteiger partial charge in [-0.3, -0.25) is 4.79 Å². The van der Waals surface area contributed by atoms with Crippen LogP contribution >= 0.6 is 11.6 Å².